The molecule has 0 spiro atoms. The lowest BCUT2D eigenvalue weighted by Gasteiger charge is -2.27. The first-order valence-corrected chi connectivity index (χ1v) is 7.28. The second kappa shape index (κ2) is 6.28. The van der Waals surface area contributed by atoms with Gasteiger partial charge in [-0.1, -0.05) is 11.6 Å². The Morgan fingerprint density at radius 2 is 2.14 bits per heavy atom. The van der Waals surface area contributed by atoms with Gasteiger partial charge in [0.05, 0.1) is 5.02 Å². The summed E-state index contributed by atoms with van der Waals surface area (Å²) in [6.45, 7) is 3.13. The molecule has 1 amide bonds. The molecule has 1 aromatic heterocycles. The van der Waals surface area contributed by atoms with Gasteiger partial charge in [0, 0.05) is 37.8 Å². The molecule has 1 saturated heterocycles. The summed E-state index contributed by atoms with van der Waals surface area (Å²) in [5.74, 6) is 0.578. The number of ether oxygens (including phenoxy) is 1. The Balaban J connectivity index is 1.73. The number of hydrogen-bond donors (Lipinski definition) is 1. The SMILES string of the molecule is O=C(COc1ccc(Cl)c2cccnc12)N1CCNCC1. The number of carbonyl (C=O) groups excluding carboxylic acids is 1. The molecule has 1 fully saturated rings. The lowest BCUT2D eigenvalue weighted by molar-refractivity contribution is -0.133. The number of nitrogens with zero attached hydrogens (tertiary/aromatic N) is 2. The predicted octanol–water partition coefficient (Wildman–Crippen LogP) is 1.70. The number of benzene rings is 1. The van der Waals surface area contributed by atoms with E-state index in [1.165, 1.54) is 0 Å². The van der Waals surface area contributed by atoms with Crippen molar-refractivity contribution in [2.45, 2.75) is 0 Å². The summed E-state index contributed by atoms with van der Waals surface area (Å²) >= 11 is 6.14. The number of aromatic nitrogens is 1. The van der Waals surface area contributed by atoms with Crippen molar-refractivity contribution < 1.29 is 9.53 Å². The average molecular weight is 306 g/mol. The van der Waals surface area contributed by atoms with Gasteiger partial charge in [0.1, 0.15) is 11.3 Å². The Hall–Kier alpha value is -1.85. The molecule has 2 heterocycles. The van der Waals surface area contributed by atoms with E-state index in [9.17, 15) is 4.79 Å². The van der Waals surface area contributed by atoms with Gasteiger partial charge in [-0.2, -0.15) is 0 Å². The van der Waals surface area contributed by atoms with Crippen LogP contribution in [0.25, 0.3) is 10.9 Å². The van der Waals surface area contributed by atoms with Gasteiger partial charge in [-0.3, -0.25) is 9.78 Å². The molecule has 21 heavy (non-hydrogen) atoms. The van der Waals surface area contributed by atoms with E-state index in [0.717, 1.165) is 31.6 Å². The molecule has 1 aromatic carbocycles. The molecule has 1 N–H and O–H groups in total. The van der Waals surface area contributed by atoms with Gasteiger partial charge in [0.15, 0.2) is 6.61 Å². The van der Waals surface area contributed by atoms with Crippen LogP contribution >= 0.6 is 11.6 Å². The first-order valence-electron chi connectivity index (χ1n) is 6.90. The zero-order valence-corrected chi connectivity index (χ0v) is 12.3. The fraction of sp³-hybridized carbons (Fsp3) is 0.333. The number of halogens is 1. The minimum atomic E-state index is -0.00414. The maximum atomic E-state index is 12.1. The van der Waals surface area contributed by atoms with Crippen LogP contribution in [0.4, 0.5) is 0 Å². The van der Waals surface area contributed by atoms with Crippen LogP contribution in [0, 0.1) is 0 Å². The van der Waals surface area contributed by atoms with E-state index < -0.39 is 0 Å². The monoisotopic (exact) mass is 305 g/mol. The van der Waals surface area contributed by atoms with Crippen molar-refractivity contribution in [2.24, 2.45) is 0 Å². The van der Waals surface area contributed by atoms with Crippen molar-refractivity contribution in [1.29, 1.82) is 0 Å². The van der Waals surface area contributed by atoms with E-state index in [1.807, 2.05) is 17.0 Å². The molecule has 0 atom stereocenters. The van der Waals surface area contributed by atoms with Gasteiger partial charge in [-0.05, 0) is 24.3 Å². The molecule has 110 valence electrons. The number of nitrogens with one attached hydrogen (secondary N) is 1. The fourth-order valence-corrected chi connectivity index (χ4v) is 2.59. The second-order valence-electron chi connectivity index (χ2n) is 4.86. The lowest BCUT2D eigenvalue weighted by atomic mass is 10.2. The normalized spacial score (nSPS) is 15.2. The van der Waals surface area contributed by atoms with Crippen molar-refractivity contribution in [3.63, 3.8) is 0 Å². The smallest absolute Gasteiger partial charge is 0.260 e. The number of pyridine rings is 1. The van der Waals surface area contributed by atoms with Crippen LogP contribution in [0.15, 0.2) is 30.5 Å². The standard InChI is InChI=1S/C15H16ClN3O2/c16-12-3-4-13(15-11(12)2-1-5-18-15)21-10-14(20)19-8-6-17-7-9-19/h1-5,17H,6-10H2. The molecule has 5 nitrogen and oxygen atoms in total. The molecule has 2 aromatic rings. The lowest BCUT2D eigenvalue weighted by Crippen LogP contribution is -2.47. The predicted molar refractivity (Wildman–Crippen MR) is 81.7 cm³/mol. The van der Waals surface area contributed by atoms with Crippen LogP contribution < -0.4 is 10.1 Å². The molecule has 1 aliphatic rings. The van der Waals surface area contributed by atoms with Gasteiger partial charge in [0.25, 0.3) is 5.91 Å². The highest BCUT2D eigenvalue weighted by molar-refractivity contribution is 6.35. The first kappa shape index (κ1) is 14.1. The summed E-state index contributed by atoms with van der Waals surface area (Å²) in [5.41, 5.74) is 0.679. The second-order valence-corrected chi connectivity index (χ2v) is 5.27. The Morgan fingerprint density at radius 1 is 1.33 bits per heavy atom. The van der Waals surface area contributed by atoms with Gasteiger partial charge in [-0.15, -0.1) is 0 Å². The molecule has 6 heteroatoms. The Bertz CT molecular complexity index is 656. The number of amides is 1. The van der Waals surface area contributed by atoms with Gasteiger partial charge >= 0.3 is 0 Å². The maximum Gasteiger partial charge on any atom is 0.260 e. The van der Waals surface area contributed by atoms with Crippen molar-refractivity contribution in [3.05, 3.63) is 35.5 Å². The summed E-state index contributed by atoms with van der Waals surface area (Å²) in [6.07, 6.45) is 1.68. The van der Waals surface area contributed by atoms with Crippen LogP contribution in [-0.2, 0) is 4.79 Å². The number of hydrogen-bond acceptors (Lipinski definition) is 4. The zero-order valence-electron chi connectivity index (χ0n) is 11.5. The van der Waals surface area contributed by atoms with Crippen LogP contribution in [0.2, 0.25) is 5.02 Å². The largest absolute Gasteiger partial charge is 0.481 e. The van der Waals surface area contributed by atoms with E-state index >= 15 is 0 Å². The summed E-state index contributed by atoms with van der Waals surface area (Å²) < 4.78 is 5.66. The minimum Gasteiger partial charge on any atom is -0.481 e. The summed E-state index contributed by atoms with van der Waals surface area (Å²) in [5, 5.41) is 4.66. The van der Waals surface area contributed by atoms with Gasteiger partial charge in [-0.25, -0.2) is 0 Å². The maximum absolute atomic E-state index is 12.1. The van der Waals surface area contributed by atoms with Gasteiger partial charge in [0.2, 0.25) is 0 Å². The number of fused-ring (bicyclic) bond motifs is 1. The molecule has 0 bridgehead atoms. The van der Waals surface area contributed by atoms with Crippen molar-refractivity contribution in [2.75, 3.05) is 32.8 Å². The Kier molecular flexibility index (Phi) is 4.22. The molecular weight excluding hydrogens is 290 g/mol. The highest BCUT2D eigenvalue weighted by Gasteiger charge is 2.17. The van der Waals surface area contributed by atoms with E-state index in [1.54, 1.807) is 18.3 Å². The van der Waals surface area contributed by atoms with E-state index in [4.69, 9.17) is 16.3 Å². The summed E-state index contributed by atoms with van der Waals surface area (Å²) in [7, 11) is 0. The number of piperazine rings is 1. The third kappa shape index (κ3) is 3.09. The Labute approximate surface area is 127 Å². The molecule has 1 aliphatic heterocycles. The van der Waals surface area contributed by atoms with Crippen LogP contribution in [-0.4, -0.2) is 48.6 Å². The van der Waals surface area contributed by atoms with Crippen molar-refractivity contribution in [3.8, 4) is 5.75 Å². The minimum absolute atomic E-state index is 0.00414. The van der Waals surface area contributed by atoms with Gasteiger partial charge < -0.3 is 15.0 Å². The number of carbonyl (C=O) groups is 1. The molecule has 0 unspecified atom stereocenters. The molecule has 3 rings (SSSR count). The van der Waals surface area contributed by atoms with Crippen LogP contribution in [0.1, 0.15) is 0 Å². The van der Waals surface area contributed by atoms with Crippen LogP contribution in [0.5, 0.6) is 5.75 Å². The molecule has 0 aliphatic carbocycles. The summed E-state index contributed by atoms with van der Waals surface area (Å²) in [6, 6.07) is 7.22. The van der Waals surface area contributed by atoms with Crippen molar-refractivity contribution >= 4 is 28.4 Å². The zero-order chi connectivity index (χ0) is 14.7. The molecule has 0 saturated carbocycles. The van der Waals surface area contributed by atoms with E-state index in [-0.39, 0.29) is 12.5 Å². The topological polar surface area (TPSA) is 54.5 Å². The highest BCUT2D eigenvalue weighted by atomic mass is 35.5. The highest BCUT2D eigenvalue weighted by Crippen LogP contribution is 2.29. The quantitative estimate of drug-likeness (QED) is 0.938. The van der Waals surface area contributed by atoms with Crippen LogP contribution in [0.3, 0.4) is 0 Å². The third-order valence-corrected chi connectivity index (χ3v) is 3.83. The fourth-order valence-electron chi connectivity index (χ4n) is 2.37. The van der Waals surface area contributed by atoms with Crippen molar-refractivity contribution in [1.82, 2.24) is 15.2 Å². The average Bonchev–Trinajstić information content (AvgIpc) is 2.55. The molecular formula is C15H16ClN3O2. The number of rotatable bonds is 3. The molecule has 0 radical (unpaired) electrons. The Morgan fingerprint density at radius 3 is 2.95 bits per heavy atom. The van der Waals surface area contributed by atoms with E-state index in [0.29, 0.717) is 16.3 Å². The summed E-state index contributed by atoms with van der Waals surface area (Å²) in [4.78, 5) is 18.2. The third-order valence-electron chi connectivity index (χ3n) is 3.50. The van der Waals surface area contributed by atoms with E-state index in [2.05, 4.69) is 10.3 Å². The first-order chi connectivity index (χ1) is 10.3.